The van der Waals surface area contributed by atoms with Gasteiger partial charge in [0.15, 0.2) is 0 Å². The number of hydrogen-bond acceptors (Lipinski definition) is 3. The lowest BCUT2D eigenvalue weighted by Gasteiger charge is -2.30. The summed E-state index contributed by atoms with van der Waals surface area (Å²) in [7, 11) is 0. The van der Waals surface area contributed by atoms with E-state index in [2.05, 4.69) is 10.6 Å². The third-order valence-electron chi connectivity index (χ3n) is 3.65. The second-order valence-corrected chi connectivity index (χ2v) is 5.01. The normalized spacial score (nSPS) is 25.3. The van der Waals surface area contributed by atoms with Crippen molar-refractivity contribution in [1.29, 1.82) is 0 Å². The topological polar surface area (TPSA) is 84.2 Å². The van der Waals surface area contributed by atoms with Crippen molar-refractivity contribution in [3.8, 4) is 0 Å². The van der Waals surface area contributed by atoms with E-state index in [-0.39, 0.29) is 23.7 Å². The van der Waals surface area contributed by atoms with E-state index in [1.54, 1.807) is 6.92 Å². The van der Waals surface area contributed by atoms with Crippen molar-refractivity contribution < 1.29 is 9.59 Å². The van der Waals surface area contributed by atoms with Crippen LogP contribution in [0.1, 0.15) is 39.5 Å². The van der Waals surface area contributed by atoms with Crippen molar-refractivity contribution in [1.82, 2.24) is 10.6 Å². The van der Waals surface area contributed by atoms with Crippen molar-refractivity contribution in [3.63, 3.8) is 0 Å². The molecule has 18 heavy (non-hydrogen) atoms. The summed E-state index contributed by atoms with van der Waals surface area (Å²) in [6.07, 6.45) is 4.13. The van der Waals surface area contributed by atoms with Crippen LogP contribution in [0.4, 0.5) is 0 Å². The molecule has 1 saturated carbocycles. The van der Waals surface area contributed by atoms with Crippen LogP contribution >= 0.6 is 0 Å². The van der Waals surface area contributed by atoms with Gasteiger partial charge in [0.25, 0.3) is 0 Å². The summed E-state index contributed by atoms with van der Waals surface area (Å²) < 4.78 is 0. The van der Waals surface area contributed by atoms with E-state index in [0.717, 1.165) is 25.7 Å². The highest BCUT2D eigenvalue weighted by atomic mass is 16.2. The molecule has 0 saturated heterocycles. The Labute approximate surface area is 109 Å². The molecular weight excluding hydrogens is 230 g/mol. The van der Waals surface area contributed by atoms with E-state index in [4.69, 9.17) is 5.73 Å². The number of likely N-dealkylation sites (N-methyl/N-ethyl adjacent to an activating group) is 1. The van der Waals surface area contributed by atoms with E-state index in [1.165, 1.54) is 0 Å². The average molecular weight is 255 g/mol. The molecule has 3 unspecified atom stereocenters. The van der Waals surface area contributed by atoms with Crippen LogP contribution in [0.5, 0.6) is 0 Å². The first-order valence-electron chi connectivity index (χ1n) is 6.88. The number of carbonyl (C=O) groups is 2. The number of hydrogen-bond donors (Lipinski definition) is 3. The smallest absolute Gasteiger partial charge is 0.242 e. The Balaban J connectivity index is 2.50. The van der Waals surface area contributed by atoms with Gasteiger partial charge in [-0.1, -0.05) is 12.8 Å². The summed E-state index contributed by atoms with van der Waals surface area (Å²) >= 11 is 0. The molecule has 0 aromatic heterocycles. The molecule has 0 radical (unpaired) electrons. The summed E-state index contributed by atoms with van der Waals surface area (Å²) in [6, 6.07) is -0.474. The number of nitrogens with two attached hydrogens (primary N) is 1. The molecule has 0 aromatic carbocycles. The Bertz CT molecular complexity index is 294. The van der Waals surface area contributed by atoms with Crippen LogP contribution in [-0.4, -0.2) is 30.9 Å². The predicted octanol–water partition coefficient (Wildman–Crippen LogP) is 0.392. The maximum absolute atomic E-state index is 12.1. The summed E-state index contributed by atoms with van der Waals surface area (Å²) in [6.45, 7) is 4.70. The van der Waals surface area contributed by atoms with Gasteiger partial charge in [0.2, 0.25) is 11.8 Å². The third kappa shape index (κ3) is 3.98. The van der Waals surface area contributed by atoms with Gasteiger partial charge in [-0.25, -0.2) is 0 Å². The van der Waals surface area contributed by atoms with Gasteiger partial charge in [-0.2, -0.15) is 0 Å². The zero-order valence-corrected chi connectivity index (χ0v) is 11.4. The maximum atomic E-state index is 12.1. The fourth-order valence-corrected chi connectivity index (χ4v) is 2.55. The molecule has 0 aromatic rings. The van der Waals surface area contributed by atoms with Crippen LogP contribution in [0.3, 0.4) is 0 Å². The fraction of sp³-hybridized carbons (Fsp3) is 0.846. The van der Waals surface area contributed by atoms with Crippen molar-refractivity contribution >= 4 is 11.8 Å². The molecule has 5 heteroatoms. The van der Waals surface area contributed by atoms with Crippen LogP contribution in [-0.2, 0) is 9.59 Å². The standard InChI is InChI=1S/C13H25N3O2/c1-3-15-12(17)9(2)16-13(18)11-7-5-4-6-10(11)8-14/h9-11H,3-8,14H2,1-2H3,(H,15,17)(H,16,18). The van der Waals surface area contributed by atoms with Crippen molar-refractivity contribution in [2.45, 2.75) is 45.6 Å². The lowest BCUT2D eigenvalue weighted by atomic mass is 9.78. The Morgan fingerprint density at radius 2 is 2.00 bits per heavy atom. The average Bonchev–Trinajstić information content (AvgIpc) is 2.38. The number of nitrogens with one attached hydrogen (secondary N) is 2. The first kappa shape index (κ1) is 15.0. The van der Waals surface area contributed by atoms with E-state index < -0.39 is 6.04 Å². The fourth-order valence-electron chi connectivity index (χ4n) is 2.55. The molecule has 0 bridgehead atoms. The highest BCUT2D eigenvalue weighted by Gasteiger charge is 2.31. The van der Waals surface area contributed by atoms with Crippen LogP contribution in [0, 0.1) is 11.8 Å². The van der Waals surface area contributed by atoms with Crippen LogP contribution < -0.4 is 16.4 Å². The van der Waals surface area contributed by atoms with Gasteiger partial charge >= 0.3 is 0 Å². The van der Waals surface area contributed by atoms with Crippen LogP contribution in [0.25, 0.3) is 0 Å². The Hall–Kier alpha value is -1.10. The SMILES string of the molecule is CCNC(=O)C(C)NC(=O)C1CCCCC1CN. The molecule has 1 aliphatic rings. The molecule has 1 rings (SSSR count). The quantitative estimate of drug-likeness (QED) is 0.664. The highest BCUT2D eigenvalue weighted by Crippen LogP contribution is 2.29. The van der Waals surface area contributed by atoms with Gasteiger partial charge in [-0.15, -0.1) is 0 Å². The minimum Gasteiger partial charge on any atom is -0.355 e. The van der Waals surface area contributed by atoms with Crippen molar-refractivity contribution in [2.24, 2.45) is 17.6 Å². The largest absolute Gasteiger partial charge is 0.355 e. The minimum atomic E-state index is -0.474. The van der Waals surface area contributed by atoms with E-state index in [1.807, 2.05) is 6.92 Å². The summed E-state index contributed by atoms with van der Waals surface area (Å²) in [5, 5.41) is 5.49. The third-order valence-corrected chi connectivity index (χ3v) is 3.65. The number of amides is 2. The molecule has 3 atom stereocenters. The van der Waals surface area contributed by atoms with Gasteiger partial charge in [0.1, 0.15) is 6.04 Å². The van der Waals surface area contributed by atoms with Gasteiger partial charge in [0, 0.05) is 12.5 Å². The van der Waals surface area contributed by atoms with Crippen molar-refractivity contribution in [2.75, 3.05) is 13.1 Å². The second kappa shape index (κ2) is 7.36. The molecule has 1 aliphatic carbocycles. The van der Waals surface area contributed by atoms with Crippen LogP contribution in [0.15, 0.2) is 0 Å². The van der Waals surface area contributed by atoms with Gasteiger partial charge in [0.05, 0.1) is 0 Å². The van der Waals surface area contributed by atoms with E-state index in [9.17, 15) is 9.59 Å². The molecule has 4 N–H and O–H groups in total. The lowest BCUT2D eigenvalue weighted by Crippen LogP contribution is -2.48. The van der Waals surface area contributed by atoms with Gasteiger partial charge in [-0.3, -0.25) is 9.59 Å². The number of rotatable bonds is 5. The Morgan fingerprint density at radius 1 is 1.33 bits per heavy atom. The highest BCUT2D eigenvalue weighted by molar-refractivity contribution is 5.88. The van der Waals surface area contributed by atoms with Gasteiger partial charge in [-0.05, 0) is 39.2 Å². The lowest BCUT2D eigenvalue weighted by molar-refractivity contribution is -0.132. The van der Waals surface area contributed by atoms with Crippen LogP contribution in [0.2, 0.25) is 0 Å². The summed E-state index contributed by atoms with van der Waals surface area (Å²) in [5.41, 5.74) is 5.71. The Morgan fingerprint density at radius 3 is 2.61 bits per heavy atom. The summed E-state index contributed by atoms with van der Waals surface area (Å²) in [5.74, 6) is 0.0793. The molecule has 0 aliphatic heterocycles. The zero-order valence-electron chi connectivity index (χ0n) is 11.4. The molecule has 0 heterocycles. The predicted molar refractivity (Wildman–Crippen MR) is 70.8 cm³/mol. The van der Waals surface area contributed by atoms with Crippen molar-refractivity contribution in [3.05, 3.63) is 0 Å². The molecule has 1 fully saturated rings. The number of carbonyl (C=O) groups excluding carboxylic acids is 2. The van der Waals surface area contributed by atoms with Gasteiger partial charge < -0.3 is 16.4 Å². The molecular formula is C13H25N3O2. The zero-order chi connectivity index (χ0) is 13.5. The first-order chi connectivity index (χ1) is 8.60. The first-order valence-corrected chi connectivity index (χ1v) is 6.88. The molecule has 2 amide bonds. The second-order valence-electron chi connectivity index (χ2n) is 5.01. The minimum absolute atomic E-state index is 0.0242. The molecule has 0 spiro atoms. The summed E-state index contributed by atoms with van der Waals surface area (Å²) in [4.78, 5) is 23.7. The Kier molecular flexibility index (Phi) is 6.12. The van der Waals surface area contributed by atoms with E-state index >= 15 is 0 Å². The molecule has 104 valence electrons. The monoisotopic (exact) mass is 255 g/mol. The van der Waals surface area contributed by atoms with E-state index in [0.29, 0.717) is 13.1 Å². The maximum Gasteiger partial charge on any atom is 0.242 e. The molecule has 5 nitrogen and oxygen atoms in total.